The summed E-state index contributed by atoms with van der Waals surface area (Å²) in [5.74, 6) is -0.0490. The molecule has 0 bridgehead atoms. The summed E-state index contributed by atoms with van der Waals surface area (Å²) >= 11 is 0. The van der Waals surface area contributed by atoms with E-state index in [1.54, 1.807) is 6.92 Å². The lowest BCUT2D eigenvalue weighted by molar-refractivity contribution is -0.126. The van der Waals surface area contributed by atoms with Crippen molar-refractivity contribution in [3.05, 3.63) is 30.3 Å². The zero-order valence-corrected chi connectivity index (χ0v) is 13.6. The number of carbonyl (C=O) groups is 1. The maximum Gasteiger partial charge on any atom is 0.239 e. The van der Waals surface area contributed by atoms with E-state index >= 15 is 0 Å². The zero-order valence-electron chi connectivity index (χ0n) is 13.6. The molecule has 118 valence electrons. The molecule has 0 spiro atoms. The van der Waals surface area contributed by atoms with Gasteiger partial charge in [-0.1, -0.05) is 31.5 Å². The number of nitrogens with two attached hydrogens (primary N) is 1. The van der Waals surface area contributed by atoms with Crippen molar-refractivity contribution in [2.45, 2.75) is 45.6 Å². The summed E-state index contributed by atoms with van der Waals surface area (Å²) in [5, 5.41) is 2.95. The van der Waals surface area contributed by atoms with E-state index in [1.165, 1.54) is 5.69 Å². The van der Waals surface area contributed by atoms with Crippen LogP contribution in [0.15, 0.2) is 30.3 Å². The fraction of sp³-hybridized carbons (Fsp3) is 0.588. The Balaban J connectivity index is 2.34. The van der Waals surface area contributed by atoms with Gasteiger partial charge in [-0.25, -0.2) is 0 Å². The third kappa shape index (κ3) is 5.76. The molecule has 1 unspecified atom stereocenters. The Morgan fingerprint density at radius 3 is 2.52 bits per heavy atom. The highest BCUT2D eigenvalue weighted by molar-refractivity contribution is 5.85. The molecule has 0 aliphatic carbocycles. The topological polar surface area (TPSA) is 58.4 Å². The number of nitrogens with one attached hydrogen (secondary N) is 1. The van der Waals surface area contributed by atoms with Gasteiger partial charge in [0, 0.05) is 25.3 Å². The molecule has 1 amide bonds. The number of rotatable bonds is 9. The van der Waals surface area contributed by atoms with Crippen molar-refractivity contribution in [1.82, 2.24) is 5.32 Å². The summed E-state index contributed by atoms with van der Waals surface area (Å²) < 4.78 is 0. The monoisotopic (exact) mass is 291 g/mol. The number of nitrogens with zero attached hydrogens (tertiary/aromatic N) is 1. The fourth-order valence-corrected chi connectivity index (χ4v) is 2.42. The number of para-hydroxylation sites is 1. The first-order chi connectivity index (χ1) is 10.0. The van der Waals surface area contributed by atoms with Gasteiger partial charge in [-0.2, -0.15) is 0 Å². The van der Waals surface area contributed by atoms with Gasteiger partial charge in [-0.15, -0.1) is 0 Å². The van der Waals surface area contributed by atoms with E-state index in [2.05, 4.69) is 29.3 Å². The van der Waals surface area contributed by atoms with Gasteiger partial charge in [0.25, 0.3) is 0 Å². The normalized spacial score (nSPS) is 13.5. The Hall–Kier alpha value is -1.55. The average Bonchev–Trinajstić information content (AvgIpc) is 2.48. The molecule has 0 saturated heterocycles. The number of anilines is 1. The molecule has 0 aliphatic heterocycles. The Morgan fingerprint density at radius 2 is 1.95 bits per heavy atom. The van der Waals surface area contributed by atoms with Crippen LogP contribution in [0.25, 0.3) is 0 Å². The molecule has 4 nitrogen and oxygen atoms in total. The molecule has 3 N–H and O–H groups in total. The van der Waals surface area contributed by atoms with Crippen molar-refractivity contribution in [2.24, 2.45) is 5.73 Å². The second kappa shape index (κ2) is 8.67. The van der Waals surface area contributed by atoms with Crippen LogP contribution in [-0.2, 0) is 4.79 Å². The molecular weight excluding hydrogens is 262 g/mol. The minimum Gasteiger partial charge on any atom is -0.372 e. The summed E-state index contributed by atoms with van der Waals surface area (Å²) in [6.07, 6.45) is 2.54. The predicted molar refractivity (Wildman–Crippen MR) is 89.5 cm³/mol. The van der Waals surface area contributed by atoms with Crippen LogP contribution in [0.3, 0.4) is 0 Å². The number of hydrogen-bond donors (Lipinski definition) is 2. The van der Waals surface area contributed by atoms with Crippen LogP contribution in [0.5, 0.6) is 0 Å². The fourth-order valence-electron chi connectivity index (χ4n) is 2.42. The Labute approximate surface area is 128 Å². The van der Waals surface area contributed by atoms with E-state index in [1.807, 2.05) is 25.1 Å². The first kappa shape index (κ1) is 17.5. The van der Waals surface area contributed by atoms with E-state index in [0.717, 1.165) is 25.9 Å². The minimum atomic E-state index is -0.751. The minimum absolute atomic E-state index is 0.0490. The Bertz CT molecular complexity index is 417. The van der Waals surface area contributed by atoms with Crippen LogP contribution in [0.2, 0.25) is 0 Å². The zero-order chi connectivity index (χ0) is 15.7. The molecule has 0 heterocycles. The molecule has 1 atom stereocenters. The molecule has 0 radical (unpaired) electrons. The molecule has 0 aliphatic rings. The third-order valence-electron chi connectivity index (χ3n) is 3.68. The SMILES string of the molecule is CCCC(C)(N)C(=O)NCCCN(CC)c1ccccc1. The van der Waals surface area contributed by atoms with E-state index in [9.17, 15) is 4.79 Å². The molecule has 1 rings (SSSR count). The van der Waals surface area contributed by atoms with Gasteiger partial charge in [0.2, 0.25) is 5.91 Å². The number of benzene rings is 1. The van der Waals surface area contributed by atoms with Crippen LogP contribution in [0.4, 0.5) is 5.69 Å². The molecule has 1 aromatic rings. The standard InChI is InChI=1S/C17H29N3O/c1-4-12-17(3,18)16(21)19-13-9-14-20(5-2)15-10-7-6-8-11-15/h6-8,10-11H,4-5,9,12-14,18H2,1-3H3,(H,19,21). The van der Waals surface area contributed by atoms with Gasteiger partial charge in [0.05, 0.1) is 5.54 Å². The van der Waals surface area contributed by atoms with Gasteiger partial charge in [0.1, 0.15) is 0 Å². The van der Waals surface area contributed by atoms with Crippen molar-refractivity contribution >= 4 is 11.6 Å². The molecule has 0 aromatic heterocycles. The second-order valence-electron chi connectivity index (χ2n) is 5.69. The van der Waals surface area contributed by atoms with Crippen molar-refractivity contribution < 1.29 is 4.79 Å². The number of carbonyl (C=O) groups excluding carboxylic acids is 1. The average molecular weight is 291 g/mol. The van der Waals surface area contributed by atoms with Gasteiger partial charge < -0.3 is 16.0 Å². The highest BCUT2D eigenvalue weighted by Crippen LogP contribution is 2.13. The van der Waals surface area contributed by atoms with Gasteiger partial charge in [-0.05, 0) is 38.8 Å². The van der Waals surface area contributed by atoms with Crippen molar-refractivity contribution in [3.8, 4) is 0 Å². The van der Waals surface area contributed by atoms with E-state index in [-0.39, 0.29) is 5.91 Å². The maximum absolute atomic E-state index is 12.0. The third-order valence-corrected chi connectivity index (χ3v) is 3.68. The summed E-state index contributed by atoms with van der Waals surface area (Å²) in [7, 11) is 0. The quantitative estimate of drug-likeness (QED) is 0.687. The van der Waals surface area contributed by atoms with Crippen molar-refractivity contribution in [3.63, 3.8) is 0 Å². The van der Waals surface area contributed by atoms with Crippen LogP contribution in [0.1, 0.15) is 40.0 Å². The smallest absolute Gasteiger partial charge is 0.239 e. The van der Waals surface area contributed by atoms with Gasteiger partial charge >= 0.3 is 0 Å². The van der Waals surface area contributed by atoms with E-state index in [0.29, 0.717) is 13.0 Å². The summed E-state index contributed by atoms with van der Waals surface area (Å²) in [5.41, 5.74) is 6.48. The molecule has 0 saturated carbocycles. The van der Waals surface area contributed by atoms with Crippen LogP contribution < -0.4 is 16.0 Å². The molecule has 0 fully saturated rings. The molecule has 1 aromatic carbocycles. The lowest BCUT2D eigenvalue weighted by Crippen LogP contribution is -2.51. The van der Waals surface area contributed by atoms with Gasteiger partial charge in [-0.3, -0.25) is 4.79 Å². The number of amides is 1. The molecule has 21 heavy (non-hydrogen) atoms. The number of hydrogen-bond acceptors (Lipinski definition) is 3. The second-order valence-corrected chi connectivity index (χ2v) is 5.69. The van der Waals surface area contributed by atoms with Crippen LogP contribution in [0, 0.1) is 0 Å². The predicted octanol–water partition coefficient (Wildman–Crippen LogP) is 2.54. The van der Waals surface area contributed by atoms with Crippen LogP contribution in [-0.4, -0.2) is 31.1 Å². The largest absolute Gasteiger partial charge is 0.372 e. The Morgan fingerprint density at radius 1 is 1.29 bits per heavy atom. The van der Waals surface area contributed by atoms with E-state index in [4.69, 9.17) is 5.73 Å². The van der Waals surface area contributed by atoms with Crippen LogP contribution >= 0.6 is 0 Å². The summed E-state index contributed by atoms with van der Waals surface area (Å²) in [4.78, 5) is 14.3. The van der Waals surface area contributed by atoms with Gasteiger partial charge in [0.15, 0.2) is 0 Å². The van der Waals surface area contributed by atoms with Crippen molar-refractivity contribution in [1.29, 1.82) is 0 Å². The molecular formula is C17H29N3O. The highest BCUT2D eigenvalue weighted by atomic mass is 16.2. The maximum atomic E-state index is 12.0. The molecule has 4 heteroatoms. The Kier molecular flexibility index (Phi) is 7.23. The lowest BCUT2D eigenvalue weighted by atomic mass is 9.96. The first-order valence-electron chi connectivity index (χ1n) is 7.88. The van der Waals surface area contributed by atoms with E-state index < -0.39 is 5.54 Å². The lowest BCUT2D eigenvalue weighted by Gasteiger charge is -2.25. The van der Waals surface area contributed by atoms with Crippen molar-refractivity contribution in [2.75, 3.05) is 24.5 Å². The summed E-state index contributed by atoms with van der Waals surface area (Å²) in [6.45, 7) is 8.53. The summed E-state index contributed by atoms with van der Waals surface area (Å²) in [6, 6.07) is 10.3. The first-order valence-corrected chi connectivity index (χ1v) is 7.88. The highest BCUT2D eigenvalue weighted by Gasteiger charge is 2.26.